The first-order valence-corrected chi connectivity index (χ1v) is 9.11. The SMILES string of the molecule is Cc1nn(C(C)(C)C)c(C)c1S(=O)(=O)Nc1cccc2[nH]cnc12. The predicted molar refractivity (Wildman–Crippen MR) is 93.6 cm³/mol. The molecule has 7 nitrogen and oxygen atoms in total. The van der Waals surface area contributed by atoms with Crippen molar-refractivity contribution >= 4 is 26.7 Å². The van der Waals surface area contributed by atoms with Crippen molar-refractivity contribution in [1.82, 2.24) is 19.7 Å². The van der Waals surface area contributed by atoms with E-state index < -0.39 is 10.0 Å². The standard InChI is InChI=1S/C16H21N5O2S/c1-10-15(11(2)21(19-10)16(3,4)5)24(22,23)20-13-8-6-7-12-14(13)18-9-17-12/h6-9,20H,1-5H3,(H,17,18). The van der Waals surface area contributed by atoms with Crippen molar-refractivity contribution < 1.29 is 8.42 Å². The summed E-state index contributed by atoms with van der Waals surface area (Å²) in [6.07, 6.45) is 1.54. The molecule has 0 aliphatic rings. The van der Waals surface area contributed by atoms with Gasteiger partial charge in [0.1, 0.15) is 10.4 Å². The summed E-state index contributed by atoms with van der Waals surface area (Å²) in [4.78, 5) is 7.37. The van der Waals surface area contributed by atoms with Crippen molar-refractivity contribution in [1.29, 1.82) is 0 Å². The molecule has 0 unspecified atom stereocenters. The van der Waals surface area contributed by atoms with Crippen LogP contribution in [0.5, 0.6) is 0 Å². The van der Waals surface area contributed by atoms with Gasteiger partial charge in [-0.3, -0.25) is 9.40 Å². The third-order valence-electron chi connectivity index (χ3n) is 3.82. The van der Waals surface area contributed by atoms with Gasteiger partial charge in [0.25, 0.3) is 10.0 Å². The van der Waals surface area contributed by atoms with Gasteiger partial charge in [0.2, 0.25) is 0 Å². The van der Waals surface area contributed by atoms with Gasteiger partial charge in [0.15, 0.2) is 0 Å². The Morgan fingerprint density at radius 2 is 1.92 bits per heavy atom. The monoisotopic (exact) mass is 347 g/mol. The van der Waals surface area contributed by atoms with Crippen LogP contribution in [0.2, 0.25) is 0 Å². The Balaban J connectivity index is 2.09. The quantitative estimate of drug-likeness (QED) is 0.762. The van der Waals surface area contributed by atoms with E-state index in [4.69, 9.17) is 0 Å². The lowest BCUT2D eigenvalue weighted by atomic mass is 10.1. The van der Waals surface area contributed by atoms with Crippen molar-refractivity contribution in [2.75, 3.05) is 4.72 Å². The molecule has 0 amide bonds. The zero-order valence-electron chi connectivity index (χ0n) is 14.4. The van der Waals surface area contributed by atoms with Crippen LogP contribution in [0.1, 0.15) is 32.2 Å². The fraction of sp³-hybridized carbons (Fsp3) is 0.375. The first kappa shape index (κ1) is 16.5. The number of anilines is 1. The van der Waals surface area contributed by atoms with Crippen LogP contribution in [-0.4, -0.2) is 28.2 Å². The minimum Gasteiger partial charge on any atom is -0.345 e. The van der Waals surface area contributed by atoms with E-state index in [9.17, 15) is 8.42 Å². The number of para-hydroxylation sites is 1. The molecule has 2 heterocycles. The number of H-pyrrole nitrogens is 1. The van der Waals surface area contributed by atoms with Crippen molar-refractivity contribution in [2.24, 2.45) is 0 Å². The van der Waals surface area contributed by atoms with E-state index in [2.05, 4.69) is 19.8 Å². The van der Waals surface area contributed by atoms with Gasteiger partial charge in [-0.05, 0) is 46.8 Å². The Bertz CT molecular complexity index is 1010. The number of rotatable bonds is 3. The number of aryl methyl sites for hydroxylation is 1. The third kappa shape index (κ3) is 2.66. The summed E-state index contributed by atoms with van der Waals surface area (Å²) < 4.78 is 30.3. The first-order chi connectivity index (χ1) is 11.1. The fourth-order valence-electron chi connectivity index (χ4n) is 2.91. The van der Waals surface area contributed by atoms with E-state index in [1.807, 2.05) is 26.8 Å². The van der Waals surface area contributed by atoms with Gasteiger partial charge >= 0.3 is 0 Å². The molecule has 0 aliphatic carbocycles. The number of aromatic amines is 1. The molecule has 0 spiro atoms. The molecule has 0 aliphatic heterocycles. The molecule has 0 radical (unpaired) electrons. The molecular weight excluding hydrogens is 326 g/mol. The number of imidazole rings is 1. The molecule has 3 rings (SSSR count). The molecule has 0 fully saturated rings. The Morgan fingerprint density at radius 3 is 2.54 bits per heavy atom. The highest BCUT2D eigenvalue weighted by Gasteiger charge is 2.29. The molecule has 2 aromatic heterocycles. The maximum absolute atomic E-state index is 12.9. The van der Waals surface area contributed by atoms with Crippen molar-refractivity contribution in [3.63, 3.8) is 0 Å². The smallest absolute Gasteiger partial charge is 0.265 e. The van der Waals surface area contributed by atoms with E-state index in [1.165, 1.54) is 6.33 Å². The highest BCUT2D eigenvalue weighted by molar-refractivity contribution is 7.92. The number of fused-ring (bicyclic) bond motifs is 1. The van der Waals surface area contributed by atoms with Crippen LogP contribution >= 0.6 is 0 Å². The molecule has 128 valence electrons. The average molecular weight is 347 g/mol. The molecule has 0 bridgehead atoms. The minimum atomic E-state index is -3.77. The lowest BCUT2D eigenvalue weighted by molar-refractivity contribution is 0.345. The van der Waals surface area contributed by atoms with Gasteiger partial charge in [-0.25, -0.2) is 13.4 Å². The lowest BCUT2D eigenvalue weighted by Crippen LogP contribution is -2.25. The van der Waals surface area contributed by atoms with Crippen molar-refractivity contribution in [3.05, 3.63) is 35.9 Å². The summed E-state index contributed by atoms with van der Waals surface area (Å²) in [5, 5.41) is 4.42. The van der Waals surface area contributed by atoms with Crippen LogP contribution in [0, 0.1) is 13.8 Å². The van der Waals surface area contributed by atoms with E-state index in [0.29, 0.717) is 22.6 Å². The Labute approximate surface area is 141 Å². The topological polar surface area (TPSA) is 92.7 Å². The van der Waals surface area contributed by atoms with Gasteiger partial charge in [-0.1, -0.05) is 6.07 Å². The van der Waals surface area contributed by atoms with E-state index in [1.54, 1.807) is 30.7 Å². The largest absolute Gasteiger partial charge is 0.345 e. The second-order valence-electron chi connectivity index (χ2n) is 6.79. The van der Waals surface area contributed by atoms with Crippen LogP contribution in [0.3, 0.4) is 0 Å². The van der Waals surface area contributed by atoms with Crippen LogP contribution in [0.15, 0.2) is 29.4 Å². The molecule has 0 saturated carbocycles. The summed E-state index contributed by atoms with van der Waals surface area (Å²) in [6, 6.07) is 5.31. The number of benzene rings is 1. The molecule has 8 heteroatoms. The number of sulfonamides is 1. The van der Waals surface area contributed by atoms with E-state index >= 15 is 0 Å². The van der Waals surface area contributed by atoms with Gasteiger partial charge in [-0.2, -0.15) is 5.10 Å². The normalized spacial score (nSPS) is 12.7. The van der Waals surface area contributed by atoms with Crippen molar-refractivity contribution in [3.8, 4) is 0 Å². The molecule has 0 atom stereocenters. The van der Waals surface area contributed by atoms with Crippen LogP contribution in [0.25, 0.3) is 11.0 Å². The number of hydrogen-bond donors (Lipinski definition) is 2. The fourth-order valence-corrected chi connectivity index (χ4v) is 4.38. The first-order valence-electron chi connectivity index (χ1n) is 7.63. The highest BCUT2D eigenvalue weighted by atomic mass is 32.2. The second kappa shape index (κ2) is 5.34. The second-order valence-corrected chi connectivity index (χ2v) is 8.41. The molecule has 24 heavy (non-hydrogen) atoms. The summed E-state index contributed by atoms with van der Waals surface area (Å²) in [6.45, 7) is 9.44. The number of nitrogens with one attached hydrogen (secondary N) is 2. The zero-order chi connectivity index (χ0) is 17.7. The van der Waals surface area contributed by atoms with E-state index in [-0.39, 0.29) is 10.4 Å². The van der Waals surface area contributed by atoms with Crippen molar-refractivity contribution in [2.45, 2.75) is 45.1 Å². The van der Waals surface area contributed by atoms with Crippen LogP contribution < -0.4 is 4.72 Å². The van der Waals surface area contributed by atoms with Gasteiger partial charge in [0, 0.05) is 0 Å². The predicted octanol–water partition coefficient (Wildman–Crippen LogP) is 2.93. The summed E-state index contributed by atoms with van der Waals surface area (Å²) in [5.74, 6) is 0. The summed E-state index contributed by atoms with van der Waals surface area (Å²) in [5.41, 5.74) is 2.58. The maximum Gasteiger partial charge on any atom is 0.265 e. The average Bonchev–Trinajstić information content (AvgIpc) is 3.03. The van der Waals surface area contributed by atoms with Crippen LogP contribution in [-0.2, 0) is 15.6 Å². The Hall–Kier alpha value is -2.35. The van der Waals surface area contributed by atoms with Gasteiger partial charge in [0.05, 0.1) is 34.5 Å². The third-order valence-corrected chi connectivity index (χ3v) is 5.44. The summed E-state index contributed by atoms with van der Waals surface area (Å²) >= 11 is 0. The van der Waals surface area contributed by atoms with Gasteiger partial charge in [-0.15, -0.1) is 0 Å². The van der Waals surface area contributed by atoms with Crippen LogP contribution in [0.4, 0.5) is 5.69 Å². The lowest BCUT2D eigenvalue weighted by Gasteiger charge is -2.21. The number of nitrogens with zero attached hydrogens (tertiary/aromatic N) is 3. The molecule has 0 saturated heterocycles. The van der Waals surface area contributed by atoms with Gasteiger partial charge < -0.3 is 4.98 Å². The maximum atomic E-state index is 12.9. The highest BCUT2D eigenvalue weighted by Crippen LogP contribution is 2.28. The summed E-state index contributed by atoms with van der Waals surface area (Å²) in [7, 11) is -3.77. The Kier molecular flexibility index (Phi) is 3.67. The molecular formula is C16H21N5O2S. The number of hydrogen-bond acceptors (Lipinski definition) is 4. The zero-order valence-corrected chi connectivity index (χ0v) is 15.2. The molecule has 2 N–H and O–H groups in total. The Morgan fingerprint density at radius 1 is 1.21 bits per heavy atom. The molecule has 3 aromatic rings. The minimum absolute atomic E-state index is 0.213. The molecule has 1 aromatic carbocycles. The van der Waals surface area contributed by atoms with E-state index in [0.717, 1.165) is 5.52 Å². The number of aromatic nitrogens is 4.